The fraction of sp³-hybridized carbons (Fsp3) is 0.636. The van der Waals surface area contributed by atoms with E-state index in [-0.39, 0.29) is 11.9 Å². The number of piperidine rings is 1. The van der Waals surface area contributed by atoms with E-state index in [4.69, 9.17) is 5.73 Å². The number of carbonyl (C=O) groups excluding carboxylic acids is 1. The van der Waals surface area contributed by atoms with Crippen LogP contribution in [0.3, 0.4) is 0 Å². The minimum absolute atomic E-state index is 0.0511. The Morgan fingerprint density at radius 1 is 1.62 bits per heavy atom. The van der Waals surface area contributed by atoms with Gasteiger partial charge in [-0.1, -0.05) is 0 Å². The first-order valence-electron chi connectivity index (χ1n) is 5.73. The molecule has 1 saturated heterocycles. The Labute approximate surface area is 95.2 Å². The van der Waals surface area contributed by atoms with Crippen LogP contribution < -0.4 is 5.73 Å². The fourth-order valence-corrected chi connectivity index (χ4v) is 2.24. The maximum absolute atomic E-state index is 12.3. The van der Waals surface area contributed by atoms with E-state index in [0.717, 1.165) is 25.8 Å². The first kappa shape index (κ1) is 11.1. The van der Waals surface area contributed by atoms with E-state index in [1.807, 2.05) is 4.90 Å². The molecule has 1 fully saturated rings. The molecule has 88 valence electrons. The predicted molar refractivity (Wildman–Crippen MR) is 60.9 cm³/mol. The number of hydrogen-bond acceptors (Lipinski definition) is 3. The first-order valence-corrected chi connectivity index (χ1v) is 5.73. The van der Waals surface area contributed by atoms with Gasteiger partial charge in [0, 0.05) is 32.4 Å². The van der Waals surface area contributed by atoms with Crippen molar-refractivity contribution in [3.63, 3.8) is 0 Å². The van der Waals surface area contributed by atoms with Crippen molar-refractivity contribution in [3.05, 3.63) is 18.0 Å². The lowest BCUT2D eigenvalue weighted by Gasteiger charge is -2.34. The van der Waals surface area contributed by atoms with Crippen molar-refractivity contribution in [1.29, 1.82) is 0 Å². The van der Waals surface area contributed by atoms with Gasteiger partial charge in [-0.25, -0.2) is 0 Å². The summed E-state index contributed by atoms with van der Waals surface area (Å²) in [7, 11) is 1.79. The van der Waals surface area contributed by atoms with E-state index in [0.29, 0.717) is 12.2 Å². The van der Waals surface area contributed by atoms with E-state index in [1.165, 1.54) is 0 Å². The fourth-order valence-electron chi connectivity index (χ4n) is 2.24. The minimum atomic E-state index is 0.0511. The van der Waals surface area contributed by atoms with Crippen LogP contribution in [0.2, 0.25) is 0 Å². The summed E-state index contributed by atoms with van der Waals surface area (Å²) in [6.45, 7) is 1.36. The smallest absolute Gasteiger partial charge is 0.272 e. The molecule has 0 spiro atoms. The zero-order chi connectivity index (χ0) is 11.5. The minimum Gasteiger partial charge on any atom is -0.333 e. The number of rotatable bonds is 2. The summed E-state index contributed by atoms with van der Waals surface area (Å²) in [5.41, 5.74) is 6.35. The maximum Gasteiger partial charge on any atom is 0.272 e. The van der Waals surface area contributed by atoms with Crippen LogP contribution in [-0.2, 0) is 7.05 Å². The third-order valence-corrected chi connectivity index (χ3v) is 3.20. The summed E-state index contributed by atoms with van der Waals surface area (Å²) < 4.78 is 1.62. The van der Waals surface area contributed by atoms with Crippen LogP contribution in [0.1, 0.15) is 29.8 Å². The Bertz CT molecular complexity index is 374. The van der Waals surface area contributed by atoms with Crippen LogP contribution in [0.5, 0.6) is 0 Å². The molecule has 2 heterocycles. The number of nitrogens with zero attached hydrogens (tertiary/aromatic N) is 3. The Morgan fingerprint density at radius 3 is 3.06 bits per heavy atom. The summed E-state index contributed by atoms with van der Waals surface area (Å²) in [4.78, 5) is 14.1. The van der Waals surface area contributed by atoms with Gasteiger partial charge in [-0.05, 0) is 25.3 Å². The Kier molecular flexibility index (Phi) is 3.24. The number of nitrogens with two attached hydrogens (primary N) is 1. The normalized spacial score (nSPS) is 21.1. The standard InChI is InChI=1S/C11H18N4O/c1-14-10(5-6-13-14)11(16)15-7-3-2-4-9(15)8-12/h5-6,9H,2-4,7-8,12H2,1H3. The molecule has 2 rings (SSSR count). The SMILES string of the molecule is Cn1nccc1C(=O)N1CCCCC1CN. The van der Waals surface area contributed by atoms with Crippen molar-refractivity contribution in [2.45, 2.75) is 25.3 Å². The summed E-state index contributed by atoms with van der Waals surface area (Å²) in [5, 5.41) is 4.02. The molecule has 5 nitrogen and oxygen atoms in total. The second-order valence-corrected chi connectivity index (χ2v) is 4.22. The molecule has 1 aromatic rings. The van der Waals surface area contributed by atoms with Crippen molar-refractivity contribution in [2.75, 3.05) is 13.1 Å². The topological polar surface area (TPSA) is 64.2 Å². The van der Waals surface area contributed by atoms with Gasteiger partial charge in [0.05, 0.1) is 0 Å². The summed E-state index contributed by atoms with van der Waals surface area (Å²) in [5.74, 6) is 0.0511. The molecule has 16 heavy (non-hydrogen) atoms. The number of aryl methyl sites for hydroxylation is 1. The average molecular weight is 222 g/mol. The van der Waals surface area contributed by atoms with E-state index in [1.54, 1.807) is 24.0 Å². The molecule has 1 amide bonds. The first-order chi connectivity index (χ1) is 7.74. The van der Waals surface area contributed by atoms with Crippen molar-refractivity contribution in [2.24, 2.45) is 12.8 Å². The largest absolute Gasteiger partial charge is 0.333 e. The van der Waals surface area contributed by atoms with E-state index < -0.39 is 0 Å². The molecule has 0 radical (unpaired) electrons. The second-order valence-electron chi connectivity index (χ2n) is 4.22. The molecular formula is C11H18N4O. The number of amides is 1. The number of carbonyl (C=O) groups is 1. The van der Waals surface area contributed by atoms with Gasteiger partial charge in [0.25, 0.3) is 5.91 Å². The van der Waals surface area contributed by atoms with E-state index in [2.05, 4.69) is 5.10 Å². The predicted octanol–water partition coefficient (Wildman–Crippen LogP) is 0.374. The highest BCUT2D eigenvalue weighted by Gasteiger charge is 2.27. The highest BCUT2D eigenvalue weighted by Crippen LogP contribution is 2.18. The highest BCUT2D eigenvalue weighted by molar-refractivity contribution is 5.92. The number of aromatic nitrogens is 2. The van der Waals surface area contributed by atoms with Crippen molar-refractivity contribution in [3.8, 4) is 0 Å². The molecule has 1 unspecified atom stereocenters. The Hall–Kier alpha value is -1.36. The van der Waals surface area contributed by atoms with Gasteiger partial charge in [-0.15, -0.1) is 0 Å². The van der Waals surface area contributed by atoms with Crippen molar-refractivity contribution in [1.82, 2.24) is 14.7 Å². The van der Waals surface area contributed by atoms with Crippen molar-refractivity contribution >= 4 is 5.91 Å². The van der Waals surface area contributed by atoms with Crippen LogP contribution in [0, 0.1) is 0 Å². The van der Waals surface area contributed by atoms with Gasteiger partial charge in [0.2, 0.25) is 0 Å². The van der Waals surface area contributed by atoms with Crippen LogP contribution in [0.25, 0.3) is 0 Å². The third kappa shape index (κ3) is 1.95. The average Bonchev–Trinajstić information content (AvgIpc) is 2.74. The molecule has 0 aliphatic carbocycles. The Morgan fingerprint density at radius 2 is 2.44 bits per heavy atom. The van der Waals surface area contributed by atoms with Gasteiger partial charge in [-0.3, -0.25) is 9.48 Å². The van der Waals surface area contributed by atoms with Gasteiger partial charge in [-0.2, -0.15) is 5.10 Å². The van der Waals surface area contributed by atoms with Gasteiger partial charge in [0.15, 0.2) is 0 Å². The zero-order valence-electron chi connectivity index (χ0n) is 9.59. The quantitative estimate of drug-likeness (QED) is 0.786. The lowest BCUT2D eigenvalue weighted by atomic mass is 10.0. The van der Waals surface area contributed by atoms with E-state index in [9.17, 15) is 4.79 Å². The molecule has 1 atom stereocenters. The van der Waals surface area contributed by atoms with Gasteiger partial charge >= 0.3 is 0 Å². The summed E-state index contributed by atoms with van der Waals surface area (Å²) in [6, 6.07) is 1.95. The molecule has 2 N–H and O–H groups in total. The zero-order valence-corrected chi connectivity index (χ0v) is 9.59. The van der Waals surface area contributed by atoms with Crippen LogP contribution in [0.4, 0.5) is 0 Å². The molecule has 0 saturated carbocycles. The lowest BCUT2D eigenvalue weighted by molar-refractivity contribution is 0.0612. The van der Waals surface area contributed by atoms with E-state index >= 15 is 0 Å². The second kappa shape index (κ2) is 4.65. The van der Waals surface area contributed by atoms with Crippen molar-refractivity contribution < 1.29 is 4.79 Å². The molecule has 0 aromatic carbocycles. The van der Waals surface area contributed by atoms with Crippen LogP contribution >= 0.6 is 0 Å². The molecule has 1 aromatic heterocycles. The Balaban J connectivity index is 2.17. The molecule has 5 heteroatoms. The highest BCUT2D eigenvalue weighted by atomic mass is 16.2. The maximum atomic E-state index is 12.3. The monoisotopic (exact) mass is 222 g/mol. The molecule has 0 bridgehead atoms. The van der Waals surface area contributed by atoms with Crippen LogP contribution in [0.15, 0.2) is 12.3 Å². The third-order valence-electron chi connectivity index (χ3n) is 3.20. The number of likely N-dealkylation sites (tertiary alicyclic amines) is 1. The lowest BCUT2D eigenvalue weighted by Crippen LogP contribution is -2.47. The van der Waals surface area contributed by atoms with Gasteiger partial charge in [0.1, 0.15) is 5.69 Å². The van der Waals surface area contributed by atoms with Gasteiger partial charge < -0.3 is 10.6 Å². The summed E-state index contributed by atoms with van der Waals surface area (Å²) >= 11 is 0. The molecular weight excluding hydrogens is 204 g/mol. The molecule has 1 aliphatic heterocycles. The number of hydrogen-bond donors (Lipinski definition) is 1. The molecule has 1 aliphatic rings. The van der Waals surface area contributed by atoms with Crippen LogP contribution in [-0.4, -0.2) is 39.7 Å². The summed E-state index contributed by atoms with van der Waals surface area (Å²) in [6.07, 6.45) is 4.89.